The molecule has 0 unspecified atom stereocenters. The van der Waals surface area contributed by atoms with E-state index in [0.717, 1.165) is 30.3 Å². The highest BCUT2D eigenvalue weighted by Gasteiger charge is 2.53. The molecule has 0 atom stereocenters. The van der Waals surface area contributed by atoms with E-state index >= 15 is 0 Å². The Morgan fingerprint density at radius 3 is 2.15 bits per heavy atom. The average Bonchev–Trinajstić information content (AvgIpc) is 2.56. The molecule has 8 heteroatoms. The van der Waals surface area contributed by atoms with Gasteiger partial charge < -0.3 is 9.47 Å². The van der Waals surface area contributed by atoms with Crippen molar-refractivity contribution in [2.75, 3.05) is 6.61 Å². The van der Waals surface area contributed by atoms with Crippen molar-refractivity contribution in [2.24, 2.45) is 0 Å². The van der Waals surface area contributed by atoms with Crippen LogP contribution >= 0.6 is 0 Å². The van der Waals surface area contributed by atoms with E-state index in [2.05, 4.69) is 0 Å². The molecule has 2 rings (SSSR count). The molecule has 0 aliphatic rings. The summed E-state index contributed by atoms with van der Waals surface area (Å²) < 4.78 is 77.0. The van der Waals surface area contributed by atoms with Gasteiger partial charge in [0.05, 0.1) is 12.2 Å². The van der Waals surface area contributed by atoms with E-state index in [1.165, 1.54) is 12.1 Å². The summed E-state index contributed by atoms with van der Waals surface area (Å²) in [5, 5.41) is 0. The Bertz CT molecular complexity index is 782. The van der Waals surface area contributed by atoms with Gasteiger partial charge in [0.25, 0.3) is 0 Å². The standard InChI is InChI=1S/C18H15F5O3/c1-3-25-16(24)11-4-9-15(14(19)10-11)26-13-7-5-12(6-8-13)18(22,23)17(2,20)21/h4-10H,3H2,1-2H3. The molecule has 140 valence electrons. The van der Waals surface area contributed by atoms with Gasteiger partial charge in [-0.15, -0.1) is 0 Å². The van der Waals surface area contributed by atoms with E-state index in [-0.39, 0.29) is 30.6 Å². The zero-order valence-electron chi connectivity index (χ0n) is 13.9. The van der Waals surface area contributed by atoms with E-state index in [1.54, 1.807) is 6.92 Å². The number of ether oxygens (including phenoxy) is 2. The molecule has 0 spiro atoms. The van der Waals surface area contributed by atoms with Crippen LogP contribution in [0.3, 0.4) is 0 Å². The molecule has 0 aliphatic heterocycles. The molecule has 0 amide bonds. The summed E-state index contributed by atoms with van der Waals surface area (Å²) in [6, 6.07) is 6.95. The van der Waals surface area contributed by atoms with Crippen LogP contribution < -0.4 is 4.74 Å². The lowest BCUT2D eigenvalue weighted by molar-refractivity contribution is -0.204. The number of hydrogen-bond acceptors (Lipinski definition) is 3. The topological polar surface area (TPSA) is 35.5 Å². The predicted octanol–water partition coefficient (Wildman–Crippen LogP) is 5.54. The highest BCUT2D eigenvalue weighted by Crippen LogP contribution is 2.43. The van der Waals surface area contributed by atoms with Crippen molar-refractivity contribution in [1.82, 2.24) is 0 Å². The monoisotopic (exact) mass is 374 g/mol. The number of hydrogen-bond donors (Lipinski definition) is 0. The van der Waals surface area contributed by atoms with Gasteiger partial charge in [-0.2, -0.15) is 17.6 Å². The highest BCUT2D eigenvalue weighted by atomic mass is 19.3. The minimum atomic E-state index is -4.35. The van der Waals surface area contributed by atoms with Crippen molar-refractivity contribution in [3.63, 3.8) is 0 Å². The fraction of sp³-hybridized carbons (Fsp3) is 0.278. The Hall–Kier alpha value is -2.64. The van der Waals surface area contributed by atoms with Crippen molar-refractivity contribution in [1.29, 1.82) is 0 Å². The van der Waals surface area contributed by atoms with Crippen LogP contribution in [-0.4, -0.2) is 18.5 Å². The first-order valence-corrected chi connectivity index (χ1v) is 7.57. The molecule has 0 heterocycles. The van der Waals surface area contributed by atoms with Gasteiger partial charge in [0.15, 0.2) is 11.6 Å². The number of esters is 1. The zero-order valence-corrected chi connectivity index (χ0v) is 13.9. The molecular formula is C18H15F5O3. The van der Waals surface area contributed by atoms with E-state index in [1.807, 2.05) is 0 Å². The van der Waals surface area contributed by atoms with E-state index in [0.29, 0.717) is 0 Å². The smallest absolute Gasteiger partial charge is 0.338 e. The number of carbonyl (C=O) groups excluding carboxylic acids is 1. The van der Waals surface area contributed by atoms with Gasteiger partial charge in [0.2, 0.25) is 0 Å². The summed E-state index contributed by atoms with van der Waals surface area (Å²) >= 11 is 0. The molecule has 2 aromatic carbocycles. The van der Waals surface area contributed by atoms with Crippen molar-refractivity contribution >= 4 is 5.97 Å². The molecule has 0 aliphatic carbocycles. The Labute approximate surface area is 146 Å². The first kappa shape index (κ1) is 19.7. The summed E-state index contributed by atoms with van der Waals surface area (Å²) in [5.41, 5.74) is -0.910. The molecule has 0 fully saturated rings. The van der Waals surface area contributed by atoms with E-state index in [4.69, 9.17) is 9.47 Å². The van der Waals surface area contributed by atoms with Crippen molar-refractivity contribution in [3.05, 3.63) is 59.4 Å². The molecule has 0 bridgehead atoms. The van der Waals surface area contributed by atoms with Gasteiger partial charge in [-0.3, -0.25) is 0 Å². The second-order valence-corrected chi connectivity index (χ2v) is 5.45. The third-order valence-corrected chi connectivity index (χ3v) is 3.44. The maximum Gasteiger partial charge on any atom is 0.338 e. The van der Waals surface area contributed by atoms with Crippen molar-refractivity contribution in [2.45, 2.75) is 25.7 Å². The van der Waals surface area contributed by atoms with E-state index in [9.17, 15) is 26.7 Å². The molecule has 0 aromatic heterocycles. The molecule has 0 N–H and O–H groups in total. The number of halogens is 5. The second-order valence-electron chi connectivity index (χ2n) is 5.45. The fourth-order valence-electron chi connectivity index (χ4n) is 2.04. The Balaban J connectivity index is 2.18. The van der Waals surface area contributed by atoms with Crippen LogP contribution in [0.4, 0.5) is 22.0 Å². The average molecular weight is 374 g/mol. The third-order valence-electron chi connectivity index (χ3n) is 3.44. The van der Waals surface area contributed by atoms with Gasteiger partial charge in [-0.05, 0) is 49.4 Å². The number of carbonyl (C=O) groups is 1. The SMILES string of the molecule is CCOC(=O)c1ccc(Oc2ccc(C(F)(F)C(C)(F)F)cc2)c(F)c1. The third kappa shape index (κ3) is 4.12. The van der Waals surface area contributed by atoms with Crippen molar-refractivity contribution < 1.29 is 36.2 Å². The quantitative estimate of drug-likeness (QED) is 0.492. The lowest BCUT2D eigenvalue weighted by atomic mass is 10.0. The Morgan fingerprint density at radius 2 is 1.65 bits per heavy atom. The van der Waals surface area contributed by atoms with Crippen LogP contribution in [-0.2, 0) is 10.7 Å². The van der Waals surface area contributed by atoms with Crippen LogP contribution in [0.2, 0.25) is 0 Å². The van der Waals surface area contributed by atoms with Crippen molar-refractivity contribution in [3.8, 4) is 11.5 Å². The van der Waals surface area contributed by atoms with Gasteiger partial charge in [-0.25, -0.2) is 9.18 Å². The molecular weight excluding hydrogens is 359 g/mol. The summed E-state index contributed by atoms with van der Waals surface area (Å²) in [6.07, 6.45) is 0. The molecule has 0 radical (unpaired) electrons. The van der Waals surface area contributed by atoms with Crippen LogP contribution in [0.15, 0.2) is 42.5 Å². The van der Waals surface area contributed by atoms with Crippen LogP contribution in [0.1, 0.15) is 29.8 Å². The fourth-order valence-corrected chi connectivity index (χ4v) is 2.04. The van der Waals surface area contributed by atoms with E-state index < -0.39 is 29.2 Å². The zero-order chi connectivity index (χ0) is 19.5. The maximum atomic E-state index is 14.0. The molecule has 2 aromatic rings. The largest absolute Gasteiger partial charge is 0.462 e. The molecule has 3 nitrogen and oxygen atoms in total. The van der Waals surface area contributed by atoms with Crippen LogP contribution in [0.25, 0.3) is 0 Å². The number of benzene rings is 2. The maximum absolute atomic E-state index is 14.0. The van der Waals surface area contributed by atoms with Gasteiger partial charge in [-0.1, -0.05) is 0 Å². The van der Waals surface area contributed by atoms with Crippen LogP contribution in [0, 0.1) is 5.82 Å². The van der Waals surface area contributed by atoms with Gasteiger partial charge in [0.1, 0.15) is 5.75 Å². The molecule has 0 saturated heterocycles. The highest BCUT2D eigenvalue weighted by molar-refractivity contribution is 5.89. The first-order valence-electron chi connectivity index (χ1n) is 7.57. The summed E-state index contributed by atoms with van der Waals surface area (Å²) in [7, 11) is 0. The minimum absolute atomic E-state index is 0.0168. The molecule has 0 saturated carbocycles. The minimum Gasteiger partial charge on any atom is -0.462 e. The molecule has 26 heavy (non-hydrogen) atoms. The predicted molar refractivity (Wildman–Crippen MR) is 83.4 cm³/mol. The Morgan fingerprint density at radius 1 is 1.04 bits per heavy atom. The number of alkyl halides is 4. The lowest BCUT2D eigenvalue weighted by Gasteiger charge is -2.23. The summed E-state index contributed by atoms with van der Waals surface area (Å²) in [5.74, 6) is -10.5. The number of rotatable bonds is 6. The Kier molecular flexibility index (Phi) is 5.53. The van der Waals surface area contributed by atoms with Crippen LogP contribution in [0.5, 0.6) is 11.5 Å². The normalized spacial score (nSPS) is 12.0. The van der Waals surface area contributed by atoms with Gasteiger partial charge in [0, 0.05) is 12.5 Å². The second kappa shape index (κ2) is 7.31. The first-order chi connectivity index (χ1) is 12.1. The van der Waals surface area contributed by atoms with Gasteiger partial charge >= 0.3 is 17.8 Å². The lowest BCUT2D eigenvalue weighted by Crippen LogP contribution is -2.34. The summed E-state index contributed by atoms with van der Waals surface area (Å²) in [4.78, 5) is 11.5. The summed E-state index contributed by atoms with van der Waals surface area (Å²) in [6.45, 7) is 1.86.